The van der Waals surface area contributed by atoms with Crippen LogP contribution in [0.15, 0.2) is 23.1 Å². The Morgan fingerprint density at radius 2 is 2.33 bits per heavy atom. The Hall–Kier alpha value is -1.25. The third-order valence-corrected chi connectivity index (χ3v) is 2.43. The third kappa shape index (κ3) is 1.02. The molecular formula is C9H12N2O. The molecule has 1 fully saturated rings. The summed E-state index contributed by atoms with van der Waals surface area (Å²) in [6.45, 7) is 2.14. The van der Waals surface area contributed by atoms with Gasteiger partial charge < -0.3 is 10.3 Å². The maximum atomic E-state index is 11.4. The largest absolute Gasteiger partial charge is 0.394 e. The van der Waals surface area contributed by atoms with Crippen molar-refractivity contribution in [2.45, 2.75) is 19.4 Å². The molecule has 3 heteroatoms. The number of pyridine rings is 1. The molecule has 1 saturated carbocycles. The van der Waals surface area contributed by atoms with Gasteiger partial charge in [-0.25, -0.2) is 0 Å². The Balaban J connectivity index is 2.45. The van der Waals surface area contributed by atoms with Gasteiger partial charge >= 0.3 is 0 Å². The minimum absolute atomic E-state index is 0.0492. The van der Waals surface area contributed by atoms with Crippen molar-refractivity contribution in [3.05, 3.63) is 28.7 Å². The monoisotopic (exact) mass is 164 g/mol. The van der Waals surface area contributed by atoms with Gasteiger partial charge in [0.25, 0.3) is 5.56 Å². The smallest absolute Gasteiger partial charge is 0.273 e. The van der Waals surface area contributed by atoms with Crippen molar-refractivity contribution in [1.29, 1.82) is 0 Å². The van der Waals surface area contributed by atoms with Crippen molar-refractivity contribution >= 4 is 5.69 Å². The lowest BCUT2D eigenvalue weighted by atomic mass is 10.4. The summed E-state index contributed by atoms with van der Waals surface area (Å²) in [4.78, 5) is 11.4. The maximum Gasteiger partial charge on any atom is 0.273 e. The minimum Gasteiger partial charge on any atom is -0.394 e. The predicted molar refractivity (Wildman–Crippen MR) is 47.9 cm³/mol. The van der Waals surface area contributed by atoms with Crippen LogP contribution in [-0.4, -0.2) is 4.57 Å². The van der Waals surface area contributed by atoms with Crippen molar-refractivity contribution in [3.63, 3.8) is 0 Å². The van der Waals surface area contributed by atoms with Gasteiger partial charge in [0.05, 0.1) is 5.69 Å². The van der Waals surface area contributed by atoms with E-state index in [1.807, 2.05) is 12.3 Å². The van der Waals surface area contributed by atoms with Crippen molar-refractivity contribution < 1.29 is 0 Å². The molecule has 0 unspecified atom stereocenters. The van der Waals surface area contributed by atoms with Crippen LogP contribution in [0.25, 0.3) is 0 Å². The number of nitrogens with zero attached hydrogens (tertiary/aromatic N) is 1. The molecule has 2 rings (SSSR count). The van der Waals surface area contributed by atoms with Gasteiger partial charge in [0.2, 0.25) is 0 Å². The first-order chi connectivity index (χ1) is 5.70. The van der Waals surface area contributed by atoms with E-state index in [0.29, 0.717) is 17.6 Å². The van der Waals surface area contributed by atoms with Gasteiger partial charge in [-0.2, -0.15) is 0 Å². The first-order valence-corrected chi connectivity index (χ1v) is 4.17. The van der Waals surface area contributed by atoms with Gasteiger partial charge in [-0.15, -0.1) is 0 Å². The highest BCUT2D eigenvalue weighted by atomic mass is 16.1. The van der Waals surface area contributed by atoms with E-state index in [1.54, 1.807) is 10.6 Å². The number of nitrogens with two attached hydrogens (primary N) is 1. The molecule has 64 valence electrons. The van der Waals surface area contributed by atoms with Crippen molar-refractivity contribution in [3.8, 4) is 0 Å². The number of hydrogen-bond acceptors (Lipinski definition) is 2. The van der Waals surface area contributed by atoms with E-state index >= 15 is 0 Å². The first-order valence-electron chi connectivity index (χ1n) is 4.17. The van der Waals surface area contributed by atoms with Gasteiger partial charge in [0, 0.05) is 12.2 Å². The molecule has 0 spiro atoms. The van der Waals surface area contributed by atoms with E-state index < -0.39 is 0 Å². The average molecular weight is 164 g/mol. The Morgan fingerprint density at radius 3 is 2.92 bits per heavy atom. The third-order valence-electron chi connectivity index (χ3n) is 2.43. The molecule has 2 N–H and O–H groups in total. The fourth-order valence-electron chi connectivity index (χ4n) is 1.48. The van der Waals surface area contributed by atoms with Crippen molar-refractivity contribution in [2.24, 2.45) is 5.92 Å². The van der Waals surface area contributed by atoms with Gasteiger partial charge in [0.15, 0.2) is 0 Å². The van der Waals surface area contributed by atoms with Crippen molar-refractivity contribution in [1.82, 2.24) is 4.57 Å². The molecular weight excluding hydrogens is 152 g/mol. The molecule has 2 atom stereocenters. The normalized spacial score (nSPS) is 27.1. The van der Waals surface area contributed by atoms with Crippen LogP contribution < -0.4 is 11.3 Å². The molecule has 0 aromatic carbocycles. The molecule has 1 aliphatic rings. The summed E-state index contributed by atoms with van der Waals surface area (Å²) < 4.78 is 1.74. The maximum absolute atomic E-state index is 11.4. The number of anilines is 1. The summed E-state index contributed by atoms with van der Waals surface area (Å²) in [5.41, 5.74) is 5.79. The summed E-state index contributed by atoms with van der Waals surface area (Å²) in [5, 5.41) is 0. The van der Waals surface area contributed by atoms with Gasteiger partial charge in [-0.05, 0) is 24.5 Å². The molecule has 1 aromatic rings. The van der Waals surface area contributed by atoms with Crippen LogP contribution in [-0.2, 0) is 0 Å². The van der Waals surface area contributed by atoms with Gasteiger partial charge in [-0.3, -0.25) is 4.79 Å². The number of nitrogen functional groups attached to an aromatic ring is 1. The molecule has 0 bridgehead atoms. The van der Waals surface area contributed by atoms with E-state index in [-0.39, 0.29) is 5.56 Å². The SMILES string of the molecule is C[C@@H]1C[C@@H]1n1cccc(N)c1=O. The van der Waals surface area contributed by atoms with Crippen LogP contribution in [0.5, 0.6) is 0 Å². The first kappa shape index (κ1) is 7.40. The summed E-state index contributed by atoms with van der Waals surface area (Å²) in [6.07, 6.45) is 2.91. The van der Waals surface area contributed by atoms with E-state index in [2.05, 4.69) is 6.92 Å². The van der Waals surface area contributed by atoms with E-state index in [9.17, 15) is 4.79 Å². The molecule has 0 radical (unpaired) electrons. The number of rotatable bonds is 1. The molecule has 12 heavy (non-hydrogen) atoms. The topological polar surface area (TPSA) is 48.0 Å². The van der Waals surface area contributed by atoms with Crippen molar-refractivity contribution in [2.75, 3.05) is 5.73 Å². The van der Waals surface area contributed by atoms with Crippen LogP contribution in [0.4, 0.5) is 5.69 Å². The zero-order chi connectivity index (χ0) is 8.72. The number of aromatic nitrogens is 1. The zero-order valence-corrected chi connectivity index (χ0v) is 7.03. The Labute approximate surface area is 70.8 Å². The molecule has 0 saturated heterocycles. The van der Waals surface area contributed by atoms with Crippen LogP contribution in [0, 0.1) is 5.92 Å². The zero-order valence-electron chi connectivity index (χ0n) is 7.03. The summed E-state index contributed by atoms with van der Waals surface area (Å²) >= 11 is 0. The molecule has 1 aromatic heterocycles. The lowest BCUT2D eigenvalue weighted by molar-refractivity contribution is 0.661. The second-order valence-corrected chi connectivity index (χ2v) is 3.46. The molecule has 0 aliphatic heterocycles. The quantitative estimate of drug-likeness (QED) is 0.673. The average Bonchev–Trinajstić information content (AvgIpc) is 2.73. The minimum atomic E-state index is -0.0492. The van der Waals surface area contributed by atoms with Crippen LogP contribution in [0.2, 0.25) is 0 Å². The van der Waals surface area contributed by atoms with Crippen LogP contribution >= 0.6 is 0 Å². The molecule has 1 aliphatic carbocycles. The second-order valence-electron chi connectivity index (χ2n) is 3.46. The fraction of sp³-hybridized carbons (Fsp3) is 0.444. The standard InChI is InChI=1S/C9H12N2O/c1-6-5-8(6)11-4-2-3-7(10)9(11)12/h2-4,6,8H,5,10H2,1H3/t6-,8+/m1/s1. The Kier molecular flexibility index (Phi) is 1.46. The summed E-state index contributed by atoms with van der Waals surface area (Å²) in [7, 11) is 0. The van der Waals surface area contributed by atoms with E-state index in [1.165, 1.54) is 0 Å². The van der Waals surface area contributed by atoms with E-state index in [4.69, 9.17) is 5.73 Å². The highest BCUT2D eigenvalue weighted by Gasteiger charge is 2.34. The molecule has 0 amide bonds. The summed E-state index contributed by atoms with van der Waals surface area (Å²) in [6, 6.07) is 3.86. The second kappa shape index (κ2) is 2.37. The Morgan fingerprint density at radius 1 is 1.67 bits per heavy atom. The van der Waals surface area contributed by atoms with Gasteiger partial charge in [-0.1, -0.05) is 6.92 Å². The fourth-order valence-corrected chi connectivity index (χ4v) is 1.48. The highest BCUT2D eigenvalue weighted by Crippen LogP contribution is 2.41. The lowest BCUT2D eigenvalue weighted by Gasteiger charge is -2.03. The highest BCUT2D eigenvalue weighted by molar-refractivity contribution is 5.34. The molecule has 1 heterocycles. The van der Waals surface area contributed by atoms with Crippen LogP contribution in [0.1, 0.15) is 19.4 Å². The molecule has 3 nitrogen and oxygen atoms in total. The number of hydrogen-bond donors (Lipinski definition) is 1. The predicted octanol–water partition coefficient (Wildman–Crippen LogP) is 1.01. The Bertz CT molecular complexity index is 356. The van der Waals surface area contributed by atoms with E-state index in [0.717, 1.165) is 6.42 Å². The summed E-state index contributed by atoms with van der Waals surface area (Å²) in [5.74, 6) is 0.629. The van der Waals surface area contributed by atoms with Gasteiger partial charge in [0.1, 0.15) is 0 Å². The lowest BCUT2D eigenvalue weighted by Crippen LogP contribution is -2.21. The van der Waals surface area contributed by atoms with Crippen LogP contribution in [0.3, 0.4) is 0 Å².